The van der Waals surface area contributed by atoms with Crippen molar-refractivity contribution in [1.29, 1.82) is 0 Å². The summed E-state index contributed by atoms with van der Waals surface area (Å²) in [6.45, 7) is 2.86. The van der Waals surface area contributed by atoms with E-state index in [1.807, 2.05) is 19.1 Å². The van der Waals surface area contributed by atoms with Crippen LogP contribution in [0.15, 0.2) is 23.3 Å². The highest BCUT2D eigenvalue weighted by Crippen LogP contribution is 2.21. The lowest BCUT2D eigenvalue weighted by atomic mass is 9.98. The highest BCUT2D eigenvalue weighted by molar-refractivity contribution is 6.22. The Hall–Kier alpha value is -1.49. The van der Waals surface area contributed by atoms with Crippen LogP contribution < -0.4 is 10.6 Å². The van der Waals surface area contributed by atoms with Gasteiger partial charge in [0.2, 0.25) is 5.91 Å². The van der Waals surface area contributed by atoms with E-state index in [0.717, 1.165) is 12.0 Å². The molecule has 0 spiro atoms. The molecule has 6 heteroatoms. The van der Waals surface area contributed by atoms with Crippen molar-refractivity contribution < 1.29 is 9.59 Å². The van der Waals surface area contributed by atoms with Crippen LogP contribution in [0, 0.1) is 0 Å². The number of rotatable bonds is 3. The lowest BCUT2D eigenvalue weighted by Gasteiger charge is -2.20. The predicted molar refractivity (Wildman–Crippen MR) is 74.1 cm³/mol. The average molecular weight is 284 g/mol. The molecule has 0 aromatic carbocycles. The Morgan fingerprint density at radius 3 is 2.95 bits per heavy atom. The zero-order chi connectivity index (χ0) is 14.0. The molecule has 0 bridgehead atoms. The molecular formula is C13H18ClN3O2. The molecule has 1 heterocycles. The number of hydrogen-bond donors (Lipinski definition) is 2. The third-order valence-corrected chi connectivity index (χ3v) is 3.85. The molecule has 2 rings (SSSR count). The quantitative estimate of drug-likeness (QED) is 0.760. The normalized spacial score (nSPS) is 26.7. The Morgan fingerprint density at radius 2 is 2.37 bits per heavy atom. The third kappa shape index (κ3) is 3.10. The standard InChI is InChI=1S/C13H18ClN3O2/c1-8-5-10(14)4-3-9(8)6-15-12(18)11-7-16-13(19)17(11)2/h3-4,10-11H,5-7H2,1-2H3,(H,15,18)(H,16,19). The molecule has 2 N–H and O–H groups in total. The van der Waals surface area contributed by atoms with Gasteiger partial charge in [0.25, 0.3) is 0 Å². The van der Waals surface area contributed by atoms with E-state index in [-0.39, 0.29) is 17.3 Å². The number of urea groups is 1. The lowest BCUT2D eigenvalue weighted by Crippen LogP contribution is -2.44. The molecule has 104 valence electrons. The summed E-state index contributed by atoms with van der Waals surface area (Å²) in [5, 5.41) is 5.54. The number of amides is 3. The molecule has 2 aliphatic rings. The van der Waals surface area contributed by atoms with Crippen molar-refractivity contribution in [3.8, 4) is 0 Å². The molecule has 2 atom stereocenters. The molecule has 0 radical (unpaired) electrons. The predicted octanol–water partition coefficient (Wildman–Crippen LogP) is 1.01. The summed E-state index contributed by atoms with van der Waals surface area (Å²) in [7, 11) is 1.62. The highest BCUT2D eigenvalue weighted by Gasteiger charge is 2.32. The summed E-state index contributed by atoms with van der Waals surface area (Å²) in [4.78, 5) is 24.7. The van der Waals surface area contributed by atoms with Crippen LogP contribution in [0.3, 0.4) is 0 Å². The Labute approximate surface area is 117 Å². The fraction of sp³-hybridized carbons (Fsp3) is 0.538. The smallest absolute Gasteiger partial charge is 0.317 e. The molecule has 1 aliphatic heterocycles. The molecule has 5 nitrogen and oxygen atoms in total. The van der Waals surface area contributed by atoms with Crippen molar-refractivity contribution >= 4 is 23.5 Å². The summed E-state index contributed by atoms with van der Waals surface area (Å²) in [6, 6.07) is -0.639. The number of allylic oxidation sites excluding steroid dienone is 2. The first-order chi connectivity index (χ1) is 8.99. The van der Waals surface area contributed by atoms with Gasteiger partial charge in [-0.3, -0.25) is 4.79 Å². The number of hydrogen-bond acceptors (Lipinski definition) is 2. The summed E-state index contributed by atoms with van der Waals surface area (Å²) < 4.78 is 0. The monoisotopic (exact) mass is 283 g/mol. The van der Waals surface area contributed by atoms with Crippen LogP contribution in [-0.2, 0) is 4.79 Å². The van der Waals surface area contributed by atoms with Crippen LogP contribution >= 0.6 is 11.6 Å². The minimum absolute atomic E-state index is 0.0437. The van der Waals surface area contributed by atoms with Crippen molar-refractivity contribution in [2.24, 2.45) is 0 Å². The van der Waals surface area contributed by atoms with Gasteiger partial charge in [0, 0.05) is 20.1 Å². The molecule has 1 fully saturated rings. The van der Waals surface area contributed by atoms with Crippen LogP contribution in [0.2, 0.25) is 0 Å². The third-order valence-electron chi connectivity index (χ3n) is 3.55. The van der Waals surface area contributed by atoms with Gasteiger partial charge in [-0.25, -0.2) is 4.79 Å². The Balaban J connectivity index is 1.89. The van der Waals surface area contributed by atoms with Gasteiger partial charge < -0.3 is 15.5 Å². The average Bonchev–Trinajstić information content (AvgIpc) is 2.69. The van der Waals surface area contributed by atoms with Gasteiger partial charge in [-0.1, -0.05) is 17.7 Å². The number of alkyl halides is 1. The maximum absolute atomic E-state index is 12.0. The second-order valence-corrected chi connectivity index (χ2v) is 5.48. The van der Waals surface area contributed by atoms with E-state index in [2.05, 4.69) is 10.6 Å². The highest BCUT2D eigenvalue weighted by atomic mass is 35.5. The van der Waals surface area contributed by atoms with E-state index in [9.17, 15) is 9.59 Å². The molecule has 1 aliphatic carbocycles. The van der Waals surface area contributed by atoms with Gasteiger partial charge in [-0.2, -0.15) is 0 Å². The SMILES string of the molecule is CC1=C(CNC(=O)C2CNC(=O)N2C)C=CC(Cl)C1. The molecule has 0 saturated carbocycles. The molecule has 0 aromatic heterocycles. The Bertz CT molecular complexity index is 459. The fourth-order valence-corrected chi connectivity index (χ4v) is 2.52. The first-order valence-electron chi connectivity index (χ1n) is 6.28. The molecule has 19 heavy (non-hydrogen) atoms. The lowest BCUT2D eigenvalue weighted by molar-refractivity contribution is -0.124. The van der Waals surface area contributed by atoms with E-state index in [1.165, 1.54) is 10.5 Å². The van der Waals surface area contributed by atoms with Crippen molar-refractivity contribution in [3.05, 3.63) is 23.3 Å². The molecule has 2 unspecified atom stereocenters. The van der Waals surface area contributed by atoms with Crippen molar-refractivity contribution in [3.63, 3.8) is 0 Å². The van der Waals surface area contributed by atoms with Gasteiger partial charge >= 0.3 is 6.03 Å². The second kappa shape index (κ2) is 5.65. The number of carbonyl (C=O) groups is 2. The number of nitrogens with zero attached hydrogens (tertiary/aromatic N) is 1. The molecule has 0 aromatic rings. The van der Waals surface area contributed by atoms with Gasteiger partial charge in [-0.15, -0.1) is 11.6 Å². The summed E-state index contributed by atoms with van der Waals surface area (Å²) in [5.41, 5.74) is 2.28. The Morgan fingerprint density at radius 1 is 1.63 bits per heavy atom. The van der Waals surface area contributed by atoms with Gasteiger partial charge in [-0.05, 0) is 18.9 Å². The van der Waals surface area contributed by atoms with E-state index in [4.69, 9.17) is 11.6 Å². The van der Waals surface area contributed by atoms with Crippen molar-refractivity contribution in [2.75, 3.05) is 20.1 Å². The second-order valence-electron chi connectivity index (χ2n) is 4.92. The van der Waals surface area contributed by atoms with Crippen molar-refractivity contribution in [1.82, 2.24) is 15.5 Å². The minimum Gasteiger partial charge on any atom is -0.350 e. The van der Waals surface area contributed by atoms with Crippen LogP contribution in [0.5, 0.6) is 0 Å². The van der Waals surface area contributed by atoms with E-state index >= 15 is 0 Å². The number of carbonyl (C=O) groups excluding carboxylic acids is 2. The largest absolute Gasteiger partial charge is 0.350 e. The number of halogens is 1. The minimum atomic E-state index is -0.429. The molecule has 3 amide bonds. The maximum Gasteiger partial charge on any atom is 0.317 e. The van der Waals surface area contributed by atoms with Crippen LogP contribution in [0.25, 0.3) is 0 Å². The number of nitrogens with one attached hydrogen (secondary N) is 2. The van der Waals surface area contributed by atoms with Crippen LogP contribution in [0.1, 0.15) is 13.3 Å². The summed E-state index contributed by atoms with van der Waals surface area (Å²) in [5.74, 6) is -0.137. The zero-order valence-corrected chi connectivity index (χ0v) is 11.8. The first kappa shape index (κ1) is 13.9. The fourth-order valence-electron chi connectivity index (χ4n) is 2.22. The summed E-state index contributed by atoms with van der Waals surface area (Å²) >= 11 is 6.02. The first-order valence-corrected chi connectivity index (χ1v) is 6.72. The van der Waals surface area contributed by atoms with Crippen LogP contribution in [-0.4, -0.2) is 48.4 Å². The molecule has 1 saturated heterocycles. The van der Waals surface area contributed by atoms with Crippen LogP contribution in [0.4, 0.5) is 4.79 Å². The van der Waals surface area contributed by atoms with E-state index < -0.39 is 6.04 Å². The number of likely N-dealkylation sites (N-methyl/N-ethyl adjacent to an activating group) is 1. The molecular weight excluding hydrogens is 266 g/mol. The van der Waals surface area contributed by atoms with Gasteiger partial charge in [0.1, 0.15) is 6.04 Å². The summed E-state index contributed by atoms with van der Waals surface area (Å²) in [6.07, 6.45) is 4.70. The van der Waals surface area contributed by atoms with E-state index in [0.29, 0.717) is 13.1 Å². The van der Waals surface area contributed by atoms with Gasteiger partial charge in [0.05, 0.1) is 5.38 Å². The van der Waals surface area contributed by atoms with Crippen molar-refractivity contribution in [2.45, 2.75) is 24.8 Å². The zero-order valence-electron chi connectivity index (χ0n) is 11.1. The van der Waals surface area contributed by atoms with Gasteiger partial charge in [0.15, 0.2) is 0 Å². The van der Waals surface area contributed by atoms with E-state index in [1.54, 1.807) is 7.05 Å². The Kier molecular flexibility index (Phi) is 4.14. The maximum atomic E-state index is 12.0. The topological polar surface area (TPSA) is 61.4 Å².